The van der Waals surface area contributed by atoms with Crippen molar-refractivity contribution < 1.29 is 15.8 Å². The number of nitrogens with two attached hydrogens (primary N) is 2. The quantitative estimate of drug-likeness (QED) is 0.676. The van der Waals surface area contributed by atoms with E-state index in [2.05, 4.69) is 0 Å². The molecule has 0 spiro atoms. The van der Waals surface area contributed by atoms with E-state index in [0.717, 1.165) is 0 Å². The molecule has 0 radical (unpaired) electrons. The summed E-state index contributed by atoms with van der Waals surface area (Å²) in [4.78, 5) is 11.1. The second-order valence-electron chi connectivity index (χ2n) is 1.90. The van der Waals surface area contributed by atoms with Crippen LogP contribution in [0.5, 0.6) is 0 Å². The Balaban J connectivity index is 3.76. The van der Waals surface area contributed by atoms with Crippen LogP contribution in [0.4, 0.5) is 0 Å². The van der Waals surface area contributed by atoms with Crippen molar-refractivity contribution in [1.82, 2.24) is 0 Å². The average Bonchev–Trinajstić information content (AvgIpc) is 2.33. The van der Waals surface area contributed by atoms with Gasteiger partial charge in [-0.15, -0.1) is 0 Å². The van der Waals surface area contributed by atoms with E-state index in [1.54, 1.807) is 0 Å². The standard InChI is InChI=1S/C9H12N2O/c10-8(9(11)12)6-7-4-2-1-3-5-7/h1-5,8H,6,10H2,(H2,11,12)/t8-/m0/s1/i1D,2D,3D,4D,5D,6D2,8D. The fraction of sp³-hybridized carbons (Fsp3) is 0.222. The molecule has 3 nitrogen and oxygen atoms in total. The lowest BCUT2D eigenvalue weighted by Gasteiger charge is -2.06. The number of carbonyl (C=O) groups is 1. The van der Waals surface area contributed by atoms with Gasteiger partial charge in [-0.3, -0.25) is 4.79 Å². The van der Waals surface area contributed by atoms with Crippen molar-refractivity contribution in [2.75, 3.05) is 0 Å². The van der Waals surface area contributed by atoms with Gasteiger partial charge in [0.15, 0.2) is 0 Å². The van der Waals surface area contributed by atoms with Crippen molar-refractivity contribution >= 4 is 5.91 Å². The van der Waals surface area contributed by atoms with Gasteiger partial charge in [-0.2, -0.15) is 0 Å². The number of amides is 1. The van der Waals surface area contributed by atoms with E-state index in [1.807, 2.05) is 0 Å². The second kappa shape index (κ2) is 3.88. The molecule has 0 aromatic heterocycles. The third kappa shape index (κ3) is 2.36. The molecule has 0 unspecified atom stereocenters. The zero-order chi connectivity index (χ0) is 16.0. The minimum absolute atomic E-state index is 0.716. The smallest absolute Gasteiger partial charge is 0.234 e. The number of benzene rings is 1. The van der Waals surface area contributed by atoms with E-state index in [-0.39, 0.29) is 0 Å². The maximum Gasteiger partial charge on any atom is 0.234 e. The van der Waals surface area contributed by atoms with Crippen LogP contribution >= 0.6 is 0 Å². The van der Waals surface area contributed by atoms with Crippen molar-refractivity contribution in [2.24, 2.45) is 11.5 Å². The van der Waals surface area contributed by atoms with Gasteiger partial charge in [0, 0.05) is 2.74 Å². The zero-order valence-electron chi connectivity index (χ0n) is 14.1. The average molecular weight is 172 g/mol. The Morgan fingerprint density at radius 1 is 1.67 bits per heavy atom. The highest BCUT2D eigenvalue weighted by Gasteiger charge is 2.08. The first kappa shape index (κ1) is 2.85. The largest absolute Gasteiger partial charge is 0.368 e. The van der Waals surface area contributed by atoms with Crippen molar-refractivity contribution in [1.29, 1.82) is 0 Å². The van der Waals surface area contributed by atoms with Crippen LogP contribution in [-0.2, 0) is 11.2 Å². The normalized spacial score (nSPS) is 25.8. The molecule has 0 saturated carbocycles. The topological polar surface area (TPSA) is 69.1 Å². The van der Waals surface area contributed by atoms with Crippen LogP contribution in [-0.4, -0.2) is 11.9 Å². The third-order valence-corrected chi connectivity index (χ3v) is 1.03. The molecule has 0 aliphatic heterocycles. The highest BCUT2D eigenvalue weighted by molar-refractivity contribution is 5.79. The Bertz CT molecular complexity index is 557. The van der Waals surface area contributed by atoms with Gasteiger partial charge in [0.25, 0.3) is 0 Å². The lowest BCUT2D eigenvalue weighted by Crippen LogP contribution is -2.38. The molecular weight excluding hydrogens is 152 g/mol. The highest BCUT2D eigenvalue weighted by atomic mass is 16.1. The summed E-state index contributed by atoms with van der Waals surface area (Å²) in [5, 5.41) is 0. The van der Waals surface area contributed by atoms with Crippen LogP contribution < -0.4 is 11.5 Å². The molecule has 0 heterocycles. The highest BCUT2D eigenvalue weighted by Crippen LogP contribution is 2.00. The number of hydrogen-bond donors (Lipinski definition) is 2. The van der Waals surface area contributed by atoms with Gasteiger partial charge in [-0.1, -0.05) is 30.2 Å². The Labute approximate surface area is 82.6 Å². The molecule has 0 saturated heterocycles. The van der Waals surface area contributed by atoms with E-state index in [9.17, 15) is 4.79 Å². The van der Waals surface area contributed by atoms with Crippen LogP contribution in [0.2, 0.25) is 0 Å². The summed E-state index contributed by atoms with van der Waals surface area (Å²) >= 11 is 0. The molecular formula is C9H12N2O. The summed E-state index contributed by atoms with van der Waals surface area (Å²) in [6.45, 7) is 0. The van der Waals surface area contributed by atoms with Crippen molar-refractivity contribution in [3.63, 3.8) is 0 Å². The summed E-state index contributed by atoms with van der Waals surface area (Å²) in [5.41, 5.74) is 9.21. The van der Waals surface area contributed by atoms with Gasteiger partial charge in [-0.05, 0) is 11.9 Å². The first-order chi connectivity index (χ1) is 8.87. The zero-order valence-corrected chi connectivity index (χ0v) is 6.06. The molecule has 4 N–H and O–H groups in total. The Hall–Kier alpha value is -1.35. The fourth-order valence-electron chi connectivity index (χ4n) is 0.509. The summed E-state index contributed by atoms with van der Waals surface area (Å²) in [6.07, 6.45) is -3.06. The van der Waals surface area contributed by atoms with Gasteiger partial charge in [0.1, 0.15) is 0 Å². The molecule has 3 heteroatoms. The van der Waals surface area contributed by atoms with E-state index >= 15 is 0 Å². The minimum atomic E-state index is -3.06. The van der Waals surface area contributed by atoms with Crippen LogP contribution in [0, 0.1) is 0 Å². The Morgan fingerprint density at radius 3 is 2.75 bits per heavy atom. The van der Waals surface area contributed by atoms with Crippen LogP contribution in [0.25, 0.3) is 0 Å². The lowest BCUT2D eigenvalue weighted by molar-refractivity contribution is -0.119. The van der Waals surface area contributed by atoms with Crippen LogP contribution in [0.3, 0.4) is 0 Å². The van der Waals surface area contributed by atoms with E-state index < -0.39 is 54.1 Å². The minimum Gasteiger partial charge on any atom is -0.368 e. The monoisotopic (exact) mass is 172 g/mol. The van der Waals surface area contributed by atoms with Gasteiger partial charge in [0.05, 0.1) is 14.2 Å². The SMILES string of the molecule is [2H]c1c([2H])c([2H])c(C([2H])([2H])[C@]([2H])(N)C(N)=O)c([2H])c1[2H]. The molecule has 1 amide bonds. The molecule has 1 aromatic rings. The molecule has 1 atom stereocenters. The van der Waals surface area contributed by atoms with Crippen molar-refractivity contribution in [2.45, 2.75) is 12.4 Å². The molecule has 64 valence electrons. The predicted molar refractivity (Wildman–Crippen MR) is 47.3 cm³/mol. The summed E-state index contributed by atoms with van der Waals surface area (Å²) in [6, 6.07) is -7.02. The van der Waals surface area contributed by atoms with E-state index in [1.165, 1.54) is 0 Å². The molecule has 1 aromatic carbocycles. The van der Waals surface area contributed by atoms with Crippen LogP contribution in [0.1, 0.15) is 16.5 Å². The second-order valence-corrected chi connectivity index (χ2v) is 1.90. The number of hydrogen-bond acceptors (Lipinski definition) is 2. The first-order valence-electron chi connectivity index (χ1n) is 7.03. The summed E-state index contributed by atoms with van der Waals surface area (Å²) in [7, 11) is 0. The van der Waals surface area contributed by atoms with Gasteiger partial charge < -0.3 is 11.5 Å². The van der Waals surface area contributed by atoms with E-state index in [0.29, 0.717) is 0 Å². The Kier molecular flexibility index (Phi) is 0.921. The lowest BCUT2D eigenvalue weighted by atomic mass is 10.1. The van der Waals surface area contributed by atoms with Gasteiger partial charge >= 0.3 is 0 Å². The number of rotatable bonds is 3. The summed E-state index contributed by atoms with van der Waals surface area (Å²) in [5.74, 6) is -1.52. The summed E-state index contributed by atoms with van der Waals surface area (Å²) < 4.78 is 60.4. The van der Waals surface area contributed by atoms with Crippen molar-refractivity contribution in [3.8, 4) is 0 Å². The van der Waals surface area contributed by atoms with Crippen molar-refractivity contribution in [3.05, 3.63) is 35.8 Å². The fourth-order valence-corrected chi connectivity index (χ4v) is 0.509. The molecule has 12 heavy (non-hydrogen) atoms. The predicted octanol–water partition coefficient (Wildman–Crippen LogP) is 0.0417. The molecule has 0 bridgehead atoms. The first-order valence-corrected chi connectivity index (χ1v) is 3.03. The Morgan fingerprint density at radius 2 is 2.25 bits per heavy atom. The molecule has 0 fully saturated rings. The maximum atomic E-state index is 11.1. The molecule has 1 rings (SSSR count). The molecule has 0 aliphatic rings. The number of primary amides is 1. The number of carbonyl (C=O) groups excluding carboxylic acids is 1. The van der Waals surface area contributed by atoms with E-state index in [4.69, 9.17) is 22.4 Å². The van der Waals surface area contributed by atoms with Crippen LogP contribution in [0.15, 0.2) is 30.2 Å². The van der Waals surface area contributed by atoms with Gasteiger partial charge in [0.2, 0.25) is 5.91 Å². The third-order valence-electron chi connectivity index (χ3n) is 1.03. The van der Waals surface area contributed by atoms with Gasteiger partial charge in [-0.25, -0.2) is 0 Å². The molecule has 0 aliphatic carbocycles. The maximum absolute atomic E-state index is 11.1.